The van der Waals surface area contributed by atoms with Crippen molar-refractivity contribution in [2.75, 3.05) is 0 Å². The quantitative estimate of drug-likeness (QED) is 0.383. The van der Waals surface area contributed by atoms with Crippen molar-refractivity contribution < 1.29 is 0 Å². The summed E-state index contributed by atoms with van der Waals surface area (Å²) in [6.45, 7) is 12.5. The van der Waals surface area contributed by atoms with Crippen LogP contribution in [0.5, 0.6) is 0 Å². The molecule has 0 fully saturated rings. The Hall–Kier alpha value is -2.11. The molecule has 0 saturated heterocycles. The standard InChI is InChI=1S/C8H11N.C8H10/c1-2-3-4-5-6-7-8-9;1-4-6-8(3)7-5-2/h2-4,6-9H,1,5H2;4,6-7H,1-2H2,3H3/b4-3-,7-6-,9-8?;8-6-. The lowest BCUT2D eigenvalue weighted by Gasteiger charge is -1.80. The summed E-state index contributed by atoms with van der Waals surface area (Å²) in [6, 6.07) is 0. The zero-order valence-corrected chi connectivity index (χ0v) is 10.5. The van der Waals surface area contributed by atoms with Crippen LogP contribution in [-0.4, -0.2) is 6.21 Å². The highest BCUT2D eigenvalue weighted by Gasteiger charge is 1.71. The van der Waals surface area contributed by atoms with E-state index in [1.165, 1.54) is 6.21 Å². The van der Waals surface area contributed by atoms with E-state index in [4.69, 9.17) is 5.41 Å². The highest BCUT2D eigenvalue weighted by molar-refractivity contribution is 5.67. The molecule has 0 bridgehead atoms. The van der Waals surface area contributed by atoms with Crippen LogP contribution in [0.25, 0.3) is 0 Å². The second-order valence-corrected chi connectivity index (χ2v) is 2.99. The van der Waals surface area contributed by atoms with Gasteiger partial charge in [-0.15, -0.1) is 5.73 Å². The average molecular weight is 227 g/mol. The van der Waals surface area contributed by atoms with Crippen molar-refractivity contribution in [3.63, 3.8) is 0 Å². The summed E-state index contributed by atoms with van der Waals surface area (Å²) in [6.07, 6.45) is 16.8. The van der Waals surface area contributed by atoms with Crippen molar-refractivity contribution in [3.05, 3.63) is 79.6 Å². The summed E-state index contributed by atoms with van der Waals surface area (Å²) in [4.78, 5) is 0. The minimum atomic E-state index is 0.876. The normalized spacial score (nSPS) is 10.3. The Kier molecular flexibility index (Phi) is 16.6. The molecule has 0 atom stereocenters. The fourth-order valence-corrected chi connectivity index (χ4v) is 0.795. The van der Waals surface area contributed by atoms with Crippen molar-refractivity contribution in [1.29, 1.82) is 5.41 Å². The Labute approximate surface area is 105 Å². The van der Waals surface area contributed by atoms with E-state index >= 15 is 0 Å². The predicted molar refractivity (Wildman–Crippen MR) is 79.5 cm³/mol. The van der Waals surface area contributed by atoms with Crippen LogP contribution in [0.15, 0.2) is 79.6 Å². The molecule has 17 heavy (non-hydrogen) atoms. The first kappa shape index (κ1) is 17.3. The van der Waals surface area contributed by atoms with Gasteiger partial charge in [0.05, 0.1) is 0 Å². The first-order valence-electron chi connectivity index (χ1n) is 5.31. The molecule has 0 aliphatic carbocycles. The average Bonchev–Trinajstić information content (AvgIpc) is 2.31. The Morgan fingerprint density at radius 3 is 2.29 bits per heavy atom. The highest BCUT2D eigenvalue weighted by atomic mass is 14.3. The number of hydrogen-bond donors (Lipinski definition) is 1. The van der Waals surface area contributed by atoms with E-state index in [2.05, 4.69) is 25.5 Å². The highest BCUT2D eigenvalue weighted by Crippen LogP contribution is 1.91. The second-order valence-electron chi connectivity index (χ2n) is 2.99. The molecule has 1 heteroatoms. The maximum absolute atomic E-state index is 6.63. The third-order valence-electron chi connectivity index (χ3n) is 1.49. The molecule has 90 valence electrons. The molecular formula is C16H21N. The smallest absolute Gasteiger partial charge is 0.0174 e. The van der Waals surface area contributed by atoms with Crippen LogP contribution in [0, 0.1) is 5.41 Å². The van der Waals surface area contributed by atoms with Crippen LogP contribution < -0.4 is 0 Å². The third kappa shape index (κ3) is 20.1. The molecule has 0 amide bonds. The third-order valence-corrected chi connectivity index (χ3v) is 1.49. The van der Waals surface area contributed by atoms with E-state index in [1.807, 2.05) is 37.3 Å². The second kappa shape index (κ2) is 16.3. The number of hydrogen-bond acceptors (Lipinski definition) is 1. The zero-order valence-electron chi connectivity index (χ0n) is 10.5. The SMILES string of the molecule is C=C/C=C\C/C=C\C=N.C=C=C/C(C)=C\C=C. The van der Waals surface area contributed by atoms with Gasteiger partial charge in [0.15, 0.2) is 0 Å². The maximum atomic E-state index is 6.63. The summed E-state index contributed by atoms with van der Waals surface area (Å²) in [7, 11) is 0. The molecule has 0 aliphatic heterocycles. The van der Waals surface area contributed by atoms with E-state index in [1.54, 1.807) is 18.2 Å². The Bertz CT molecular complexity index is 332. The Balaban J connectivity index is 0. The lowest BCUT2D eigenvalue weighted by atomic mass is 10.3. The van der Waals surface area contributed by atoms with Crippen molar-refractivity contribution in [2.45, 2.75) is 13.3 Å². The molecule has 0 aliphatic rings. The molecule has 1 N–H and O–H groups in total. The van der Waals surface area contributed by atoms with Gasteiger partial charge in [-0.05, 0) is 31.1 Å². The van der Waals surface area contributed by atoms with Gasteiger partial charge in [0.2, 0.25) is 0 Å². The fraction of sp³-hybridized carbons (Fsp3) is 0.125. The Morgan fingerprint density at radius 1 is 1.18 bits per heavy atom. The van der Waals surface area contributed by atoms with Gasteiger partial charge in [-0.25, -0.2) is 0 Å². The van der Waals surface area contributed by atoms with Crippen LogP contribution in [0.2, 0.25) is 0 Å². The molecule has 0 radical (unpaired) electrons. The molecule has 0 aromatic carbocycles. The van der Waals surface area contributed by atoms with Gasteiger partial charge < -0.3 is 5.41 Å². The largest absolute Gasteiger partial charge is 0.309 e. The lowest BCUT2D eigenvalue weighted by Crippen LogP contribution is -1.60. The Morgan fingerprint density at radius 2 is 1.82 bits per heavy atom. The van der Waals surface area contributed by atoms with Crippen molar-refractivity contribution in [1.82, 2.24) is 0 Å². The van der Waals surface area contributed by atoms with Gasteiger partial charge in [-0.2, -0.15) is 0 Å². The molecule has 0 unspecified atom stereocenters. The number of nitrogens with one attached hydrogen (secondary N) is 1. The van der Waals surface area contributed by atoms with Crippen LogP contribution in [-0.2, 0) is 0 Å². The lowest BCUT2D eigenvalue weighted by molar-refractivity contribution is 1.40. The van der Waals surface area contributed by atoms with Crippen molar-refractivity contribution >= 4 is 6.21 Å². The van der Waals surface area contributed by atoms with E-state index in [-0.39, 0.29) is 0 Å². The van der Waals surface area contributed by atoms with E-state index in [9.17, 15) is 0 Å². The first-order chi connectivity index (χ1) is 8.22. The van der Waals surface area contributed by atoms with Crippen LogP contribution in [0.4, 0.5) is 0 Å². The summed E-state index contributed by atoms with van der Waals surface area (Å²) in [5, 5.41) is 6.63. The van der Waals surface area contributed by atoms with Crippen molar-refractivity contribution in [2.24, 2.45) is 0 Å². The molecule has 0 spiro atoms. The topological polar surface area (TPSA) is 23.9 Å². The van der Waals surface area contributed by atoms with E-state index in [0.717, 1.165) is 12.0 Å². The molecule has 0 aromatic heterocycles. The number of allylic oxidation sites excluding steroid dienone is 9. The summed E-state index contributed by atoms with van der Waals surface area (Å²) in [5.74, 6) is 0. The predicted octanol–water partition coefficient (Wildman–Crippen LogP) is 4.78. The molecular weight excluding hydrogens is 206 g/mol. The van der Waals surface area contributed by atoms with Gasteiger partial charge in [0, 0.05) is 6.21 Å². The molecule has 1 nitrogen and oxygen atoms in total. The minimum absolute atomic E-state index is 0.876. The van der Waals surface area contributed by atoms with E-state index < -0.39 is 0 Å². The van der Waals surface area contributed by atoms with Gasteiger partial charge in [-0.3, -0.25) is 0 Å². The maximum Gasteiger partial charge on any atom is 0.0174 e. The van der Waals surface area contributed by atoms with Crippen molar-refractivity contribution in [3.8, 4) is 0 Å². The monoisotopic (exact) mass is 227 g/mol. The summed E-state index contributed by atoms with van der Waals surface area (Å²) in [5.41, 5.74) is 3.78. The minimum Gasteiger partial charge on any atom is -0.309 e. The summed E-state index contributed by atoms with van der Waals surface area (Å²) >= 11 is 0. The summed E-state index contributed by atoms with van der Waals surface area (Å²) < 4.78 is 0. The van der Waals surface area contributed by atoms with Gasteiger partial charge >= 0.3 is 0 Å². The van der Waals surface area contributed by atoms with E-state index in [0.29, 0.717) is 0 Å². The van der Waals surface area contributed by atoms with Crippen LogP contribution in [0.1, 0.15) is 13.3 Å². The molecule has 0 heterocycles. The molecule has 0 rings (SSSR count). The van der Waals surface area contributed by atoms with Crippen LogP contribution in [0.3, 0.4) is 0 Å². The molecule has 0 saturated carbocycles. The van der Waals surface area contributed by atoms with Gasteiger partial charge in [0.25, 0.3) is 0 Å². The zero-order chi connectivity index (χ0) is 13.4. The van der Waals surface area contributed by atoms with Crippen LogP contribution >= 0.6 is 0 Å². The first-order valence-corrected chi connectivity index (χ1v) is 5.31. The van der Waals surface area contributed by atoms with Gasteiger partial charge in [-0.1, -0.05) is 56.2 Å². The number of rotatable bonds is 6. The molecule has 0 aromatic rings. The van der Waals surface area contributed by atoms with Gasteiger partial charge in [0.1, 0.15) is 0 Å². The fourth-order valence-electron chi connectivity index (χ4n) is 0.795.